The molecule has 0 fully saturated rings. The maximum Gasteiger partial charge on any atom is 0.325 e. The lowest BCUT2D eigenvalue weighted by Gasteiger charge is -2.05. The number of aromatic nitrogens is 1. The van der Waals surface area contributed by atoms with E-state index in [4.69, 9.17) is 39.5 Å². The van der Waals surface area contributed by atoms with Crippen molar-refractivity contribution in [1.82, 2.24) is 4.57 Å². The standard InChI is InChI=1S/C15H9Cl3N2O3S2/c1-23-12(21)6-20-13-8(17)4-7(16)5-10(13)25-15(20)19-14(22)9-2-3-11(18)24-9/h2-5H,6H2,1H3. The van der Waals surface area contributed by atoms with Gasteiger partial charge in [-0.15, -0.1) is 11.3 Å². The summed E-state index contributed by atoms with van der Waals surface area (Å²) >= 11 is 20.5. The van der Waals surface area contributed by atoms with Gasteiger partial charge in [-0.25, -0.2) is 0 Å². The van der Waals surface area contributed by atoms with Gasteiger partial charge in [-0.1, -0.05) is 46.1 Å². The number of halogens is 3. The third kappa shape index (κ3) is 3.91. The first-order valence-electron chi connectivity index (χ1n) is 6.78. The smallest absolute Gasteiger partial charge is 0.325 e. The van der Waals surface area contributed by atoms with Gasteiger partial charge in [-0.2, -0.15) is 4.99 Å². The monoisotopic (exact) mass is 434 g/mol. The zero-order valence-corrected chi connectivity index (χ0v) is 16.5. The Morgan fingerprint density at radius 3 is 2.60 bits per heavy atom. The summed E-state index contributed by atoms with van der Waals surface area (Å²) in [4.78, 5) is 29.0. The second kappa shape index (κ2) is 7.47. The maximum absolute atomic E-state index is 12.4. The number of thiazole rings is 1. The first-order valence-corrected chi connectivity index (χ1v) is 9.55. The Balaban J connectivity index is 2.20. The average Bonchev–Trinajstić information content (AvgIpc) is 3.11. The topological polar surface area (TPSA) is 60.7 Å². The van der Waals surface area contributed by atoms with E-state index in [2.05, 4.69) is 4.99 Å². The van der Waals surface area contributed by atoms with Gasteiger partial charge >= 0.3 is 5.97 Å². The van der Waals surface area contributed by atoms with Gasteiger partial charge in [-0.05, 0) is 24.3 Å². The van der Waals surface area contributed by atoms with Crippen LogP contribution in [0.25, 0.3) is 10.2 Å². The molecule has 3 aromatic rings. The van der Waals surface area contributed by atoms with E-state index in [0.29, 0.717) is 34.3 Å². The lowest BCUT2D eigenvalue weighted by molar-refractivity contribution is -0.141. The third-order valence-electron chi connectivity index (χ3n) is 3.19. The quantitative estimate of drug-likeness (QED) is 0.563. The summed E-state index contributed by atoms with van der Waals surface area (Å²) in [5.41, 5.74) is 0.567. The molecular weight excluding hydrogens is 427 g/mol. The van der Waals surface area contributed by atoms with Crippen LogP contribution in [0.3, 0.4) is 0 Å². The number of benzene rings is 1. The van der Waals surface area contributed by atoms with Crippen molar-refractivity contribution in [2.45, 2.75) is 6.54 Å². The van der Waals surface area contributed by atoms with Crippen LogP contribution in [-0.2, 0) is 16.1 Å². The van der Waals surface area contributed by atoms with Gasteiger partial charge in [-0.3, -0.25) is 9.59 Å². The lowest BCUT2D eigenvalue weighted by Crippen LogP contribution is -2.22. The average molecular weight is 436 g/mol. The molecule has 0 saturated heterocycles. The number of hydrogen-bond acceptors (Lipinski definition) is 5. The summed E-state index contributed by atoms with van der Waals surface area (Å²) in [5, 5.41) is 0.808. The molecule has 10 heteroatoms. The maximum atomic E-state index is 12.4. The summed E-state index contributed by atoms with van der Waals surface area (Å²) in [6.45, 7) is -0.130. The molecular formula is C15H9Cl3N2O3S2. The molecule has 2 heterocycles. The second-order valence-electron chi connectivity index (χ2n) is 4.80. The molecule has 0 unspecified atom stereocenters. The van der Waals surface area contributed by atoms with Gasteiger partial charge < -0.3 is 9.30 Å². The highest BCUT2D eigenvalue weighted by Crippen LogP contribution is 2.30. The van der Waals surface area contributed by atoms with E-state index in [1.54, 1.807) is 24.3 Å². The fraction of sp³-hybridized carbons (Fsp3) is 0.133. The van der Waals surface area contributed by atoms with Crippen molar-refractivity contribution in [2.24, 2.45) is 4.99 Å². The molecule has 1 aromatic carbocycles. The number of ether oxygens (including phenoxy) is 1. The Morgan fingerprint density at radius 1 is 1.20 bits per heavy atom. The zero-order valence-electron chi connectivity index (χ0n) is 12.6. The number of thiophene rings is 1. The van der Waals surface area contributed by atoms with Crippen molar-refractivity contribution in [3.63, 3.8) is 0 Å². The van der Waals surface area contributed by atoms with E-state index in [0.717, 1.165) is 11.3 Å². The minimum Gasteiger partial charge on any atom is -0.468 e. The van der Waals surface area contributed by atoms with Crippen molar-refractivity contribution in [3.8, 4) is 0 Å². The van der Waals surface area contributed by atoms with Crippen molar-refractivity contribution in [3.05, 3.63) is 48.3 Å². The van der Waals surface area contributed by atoms with Gasteiger partial charge in [0.15, 0.2) is 4.80 Å². The van der Waals surface area contributed by atoms with Gasteiger partial charge in [0.25, 0.3) is 5.91 Å². The summed E-state index contributed by atoms with van der Waals surface area (Å²) in [6.07, 6.45) is 0. The van der Waals surface area contributed by atoms with Crippen LogP contribution in [0.4, 0.5) is 0 Å². The first kappa shape index (κ1) is 18.4. The van der Waals surface area contributed by atoms with E-state index >= 15 is 0 Å². The summed E-state index contributed by atoms with van der Waals surface area (Å²) in [6, 6.07) is 6.49. The molecule has 0 aliphatic heterocycles. The van der Waals surface area contributed by atoms with E-state index in [9.17, 15) is 9.59 Å². The number of carbonyl (C=O) groups excluding carboxylic acids is 2. The number of fused-ring (bicyclic) bond motifs is 1. The molecule has 0 aliphatic carbocycles. The number of methoxy groups -OCH3 is 1. The molecule has 0 spiro atoms. The Kier molecular flexibility index (Phi) is 5.50. The molecule has 0 bridgehead atoms. The van der Waals surface area contributed by atoms with Crippen LogP contribution in [0.1, 0.15) is 9.67 Å². The van der Waals surface area contributed by atoms with Crippen LogP contribution in [0, 0.1) is 0 Å². The summed E-state index contributed by atoms with van der Waals surface area (Å²) < 4.78 is 7.46. The normalized spacial score (nSPS) is 11.9. The predicted molar refractivity (Wildman–Crippen MR) is 101 cm³/mol. The number of carbonyl (C=O) groups is 2. The van der Waals surface area contributed by atoms with Crippen LogP contribution in [-0.4, -0.2) is 23.6 Å². The van der Waals surface area contributed by atoms with E-state index in [-0.39, 0.29) is 6.54 Å². The minimum absolute atomic E-state index is 0.130. The highest BCUT2D eigenvalue weighted by Gasteiger charge is 2.16. The van der Waals surface area contributed by atoms with Gasteiger partial charge in [0.05, 0.1) is 31.6 Å². The van der Waals surface area contributed by atoms with Gasteiger partial charge in [0.1, 0.15) is 6.54 Å². The molecule has 0 radical (unpaired) electrons. The van der Waals surface area contributed by atoms with Crippen LogP contribution in [0.15, 0.2) is 29.3 Å². The van der Waals surface area contributed by atoms with E-state index in [1.807, 2.05) is 0 Å². The third-order valence-corrected chi connectivity index (χ3v) is 5.94. The molecule has 130 valence electrons. The number of amides is 1. The van der Waals surface area contributed by atoms with Crippen molar-refractivity contribution >= 4 is 79.6 Å². The Morgan fingerprint density at radius 2 is 1.96 bits per heavy atom. The molecule has 0 aliphatic rings. The van der Waals surface area contributed by atoms with Gasteiger partial charge in [0.2, 0.25) is 0 Å². The minimum atomic E-state index is -0.487. The molecule has 3 rings (SSSR count). The van der Waals surface area contributed by atoms with Crippen LogP contribution >= 0.6 is 57.5 Å². The Labute approximate surface area is 165 Å². The van der Waals surface area contributed by atoms with Crippen LogP contribution in [0.2, 0.25) is 14.4 Å². The predicted octanol–water partition coefficient (Wildman–Crippen LogP) is 4.64. The number of rotatable bonds is 3. The van der Waals surface area contributed by atoms with E-state index in [1.165, 1.54) is 23.0 Å². The molecule has 0 saturated carbocycles. The number of esters is 1. The van der Waals surface area contributed by atoms with E-state index < -0.39 is 11.9 Å². The Hall–Kier alpha value is -1.38. The highest BCUT2D eigenvalue weighted by atomic mass is 35.5. The van der Waals surface area contributed by atoms with Gasteiger partial charge in [0, 0.05) is 5.02 Å². The lowest BCUT2D eigenvalue weighted by atomic mass is 10.3. The molecule has 25 heavy (non-hydrogen) atoms. The molecule has 1 amide bonds. The van der Waals surface area contributed by atoms with Crippen molar-refractivity contribution < 1.29 is 14.3 Å². The largest absolute Gasteiger partial charge is 0.468 e. The van der Waals surface area contributed by atoms with Crippen molar-refractivity contribution in [1.29, 1.82) is 0 Å². The second-order valence-corrected chi connectivity index (χ2v) is 8.37. The number of hydrogen-bond donors (Lipinski definition) is 0. The summed E-state index contributed by atoms with van der Waals surface area (Å²) in [5.74, 6) is -0.942. The molecule has 0 atom stereocenters. The molecule has 2 aromatic heterocycles. The van der Waals surface area contributed by atoms with Crippen LogP contribution in [0.5, 0.6) is 0 Å². The van der Waals surface area contributed by atoms with Crippen LogP contribution < -0.4 is 4.80 Å². The summed E-state index contributed by atoms with van der Waals surface area (Å²) in [7, 11) is 1.28. The fourth-order valence-corrected chi connectivity index (χ4v) is 4.86. The zero-order chi connectivity index (χ0) is 18.1. The SMILES string of the molecule is COC(=O)Cn1c(=NC(=O)c2ccc(Cl)s2)sc2cc(Cl)cc(Cl)c21. The van der Waals surface area contributed by atoms with Crippen molar-refractivity contribution in [2.75, 3.05) is 7.11 Å². The fourth-order valence-electron chi connectivity index (χ4n) is 2.13. The molecule has 0 N–H and O–H groups in total. The molecule has 5 nitrogen and oxygen atoms in total. The Bertz CT molecular complexity index is 1050. The number of nitrogens with zero attached hydrogens (tertiary/aromatic N) is 2. The first-order chi connectivity index (χ1) is 11.9. The highest BCUT2D eigenvalue weighted by molar-refractivity contribution is 7.18.